The number of rotatable bonds is 7. The van der Waals surface area contributed by atoms with Gasteiger partial charge in [-0.25, -0.2) is 12.8 Å². The maximum Gasteiger partial charge on any atom is 0.253 e. The minimum Gasteiger partial charge on any atom is -0.489 e. The van der Waals surface area contributed by atoms with Crippen LogP contribution < -0.4 is 10.1 Å². The second-order valence-electron chi connectivity index (χ2n) is 12.2. The third-order valence-electron chi connectivity index (χ3n) is 8.70. The minimum atomic E-state index is -2.98. The van der Waals surface area contributed by atoms with Gasteiger partial charge in [0.25, 0.3) is 5.91 Å². The van der Waals surface area contributed by atoms with Crippen molar-refractivity contribution in [1.82, 2.24) is 15.2 Å². The molecule has 42 heavy (non-hydrogen) atoms. The number of nitrogens with zero attached hydrogens (tertiary/aromatic N) is 2. The van der Waals surface area contributed by atoms with Crippen LogP contribution in [0, 0.1) is 11.2 Å². The van der Waals surface area contributed by atoms with Crippen molar-refractivity contribution in [2.75, 3.05) is 31.6 Å². The Morgan fingerprint density at radius 3 is 2.24 bits per heavy atom. The predicted octanol–water partition coefficient (Wildman–Crippen LogP) is 5.20. The Kier molecular flexibility index (Phi) is 7.66. The van der Waals surface area contributed by atoms with E-state index >= 15 is 0 Å². The van der Waals surface area contributed by atoms with Crippen LogP contribution in [0.2, 0.25) is 0 Å². The van der Waals surface area contributed by atoms with E-state index in [0.29, 0.717) is 29.6 Å². The summed E-state index contributed by atoms with van der Waals surface area (Å²) in [6.07, 6.45) is 5.83. The van der Waals surface area contributed by atoms with E-state index < -0.39 is 9.84 Å². The molecule has 1 saturated carbocycles. The molecule has 0 unspecified atom stereocenters. The molecule has 2 saturated heterocycles. The Morgan fingerprint density at radius 1 is 1.00 bits per heavy atom. The number of benzene rings is 2. The molecule has 7 nitrogen and oxygen atoms in total. The number of nitrogens with one attached hydrogen (secondary N) is 1. The smallest absolute Gasteiger partial charge is 0.253 e. The summed E-state index contributed by atoms with van der Waals surface area (Å²) in [6.45, 7) is 4.18. The van der Waals surface area contributed by atoms with Gasteiger partial charge in [0, 0.05) is 24.7 Å². The first-order valence-electron chi connectivity index (χ1n) is 14.5. The van der Waals surface area contributed by atoms with E-state index in [1.54, 1.807) is 12.3 Å². The van der Waals surface area contributed by atoms with E-state index in [4.69, 9.17) is 4.74 Å². The molecule has 3 heterocycles. The molecular weight excluding hydrogens is 553 g/mol. The van der Waals surface area contributed by atoms with E-state index in [1.807, 2.05) is 31.2 Å². The van der Waals surface area contributed by atoms with Crippen LogP contribution in [0.3, 0.4) is 0 Å². The van der Waals surface area contributed by atoms with Crippen LogP contribution in [-0.2, 0) is 9.84 Å². The lowest BCUT2D eigenvalue weighted by Crippen LogP contribution is -2.58. The highest BCUT2D eigenvalue weighted by molar-refractivity contribution is 7.91. The largest absolute Gasteiger partial charge is 0.489 e. The predicted molar refractivity (Wildman–Crippen MR) is 160 cm³/mol. The zero-order valence-electron chi connectivity index (χ0n) is 24.0. The number of hydrogen-bond acceptors (Lipinski definition) is 6. The van der Waals surface area contributed by atoms with Crippen LogP contribution in [0.4, 0.5) is 4.39 Å². The van der Waals surface area contributed by atoms with Gasteiger partial charge in [0.05, 0.1) is 29.3 Å². The van der Waals surface area contributed by atoms with Crippen molar-refractivity contribution in [2.45, 2.75) is 44.8 Å². The number of sulfone groups is 1. The molecular formula is C33H36FN3O4S. The SMILES string of the molecule is C[C@@H](NC(=O)c1cncc(OC2CCS(=O)(=O)CC2)c1)c1ccc(C(=C2CC3(C2)CN(C)C3)c2ccc(F)cc2)cc1. The van der Waals surface area contributed by atoms with Gasteiger partial charge in [0.2, 0.25) is 0 Å². The van der Waals surface area contributed by atoms with Gasteiger partial charge in [-0.2, -0.15) is 0 Å². The fourth-order valence-corrected chi connectivity index (χ4v) is 8.08. The Balaban J connectivity index is 1.13. The first-order chi connectivity index (χ1) is 20.1. The van der Waals surface area contributed by atoms with Crippen LogP contribution in [0.15, 0.2) is 72.6 Å². The minimum absolute atomic E-state index is 0.114. The molecule has 3 aliphatic rings. The van der Waals surface area contributed by atoms with Crippen molar-refractivity contribution in [1.29, 1.82) is 0 Å². The standard InChI is InChI=1S/C33H36FN3O4S/c1-22(36-32(38)26-15-30(19-35-18-26)41-29-11-13-42(39,40)14-12-29)23-3-5-24(6-4-23)31(25-7-9-28(34)10-8-25)27-16-33(17-27)20-37(2)21-33/h3-10,15,18-19,22,29H,11-14,16-17,20-21H2,1-2H3,(H,36,38)/t22-/m1/s1. The van der Waals surface area contributed by atoms with Gasteiger partial charge in [0.15, 0.2) is 9.84 Å². The number of allylic oxidation sites excluding steroid dienone is 1. The van der Waals surface area contributed by atoms with E-state index in [-0.39, 0.29) is 35.4 Å². The quantitative estimate of drug-likeness (QED) is 0.408. The van der Waals surface area contributed by atoms with E-state index in [1.165, 1.54) is 29.5 Å². The highest BCUT2D eigenvalue weighted by atomic mass is 32.2. The van der Waals surface area contributed by atoms with Gasteiger partial charge in [-0.05, 0) is 80.1 Å². The Morgan fingerprint density at radius 2 is 1.62 bits per heavy atom. The van der Waals surface area contributed by atoms with E-state index in [9.17, 15) is 17.6 Å². The van der Waals surface area contributed by atoms with Gasteiger partial charge in [0.1, 0.15) is 17.7 Å². The number of aromatic nitrogens is 1. The normalized spacial score (nSPS) is 20.3. The van der Waals surface area contributed by atoms with Crippen molar-refractivity contribution >= 4 is 21.3 Å². The maximum atomic E-state index is 13.7. The Bertz CT molecular complexity index is 1590. The number of hydrogen-bond donors (Lipinski definition) is 1. The molecule has 3 fully saturated rings. The molecule has 2 aromatic carbocycles. The van der Waals surface area contributed by atoms with Gasteiger partial charge in [-0.1, -0.05) is 42.0 Å². The maximum absolute atomic E-state index is 13.7. The van der Waals surface area contributed by atoms with Crippen molar-refractivity contribution in [3.05, 3.63) is 101 Å². The zero-order valence-corrected chi connectivity index (χ0v) is 24.8. The molecule has 0 radical (unpaired) electrons. The van der Waals surface area contributed by atoms with E-state index in [0.717, 1.165) is 42.6 Å². The summed E-state index contributed by atoms with van der Waals surface area (Å²) >= 11 is 0. The summed E-state index contributed by atoms with van der Waals surface area (Å²) in [6, 6.07) is 16.4. The molecule has 2 aliphatic heterocycles. The lowest BCUT2D eigenvalue weighted by Gasteiger charge is -2.56. The molecule has 1 aromatic heterocycles. The average Bonchev–Trinajstić information content (AvgIpc) is 2.93. The number of likely N-dealkylation sites (tertiary alicyclic amines) is 1. The fourth-order valence-electron chi connectivity index (χ4n) is 6.63. The molecule has 6 rings (SSSR count). The summed E-state index contributed by atoms with van der Waals surface area (Å²) in [7, 11) is -0.825. The van der Waals surface area contributed by atoms with Gasteiger partial charge >= 0.3 is 0 Å². The van der Waals surface area contributed by atoms with Gasteiger partial charge in [-0.3, -0.25) is 9.78 Å². The first-order valence-corrected chi connectivity index (χ1v) is 16.3. The summed E-state index contributed by atoms with van der Waals surface area (Å²) < 4.78 is 43.0. The Labute approximate surface area is 246 Å². The number of ether oxygens (including phenoxy) is 1. The number of pyridine rings is 1. The molecule has 1 amide bonds. The third-order valence-corrected chi connectivity index (χ3v) is 10.4. The Hall–Kier alpha value is -3.56. The molecule has 3 aromatic rings. The number of amides is 1. The lowest BCUT2D eigenvalue weighted by molar-refractivity contribution is -0.0106. The molecule has 220 valence electrons. The molecule has 0 bridgehead atoms. The molecule has 1 N–H and O–H groups in total. The summed E-state index contributed by atoms with van der Waals surface area (Å²) in [5, 5.41) is 3.04. The zero-order chi connectivity index (χ0) is 29.5. The molecule has 1 atom stereocenters. The monoisotopic (exact) mass is 589 g/mol. The van der Waals surface area contributed by atoms with Crippen molar-refractivity contribution < 1.29 is 22.3 Å². The highest BCUT2D eigenvalue weighted by Gasteiger charge is 2.49. The highest BCUT2D eigenvalue weighted by Crippen LogP contribution is 2.54. The number of halogens is 1. The second-order valence-corrected chi connectivity index (χ2v) is 14.5. The second kappa shape index (κ2) is 11.3. The van der Waals surface area contributed by atoms with Crippen LogP contribution in [0.5, 0.6) is 5.75 Å². The molecule has 1 spiro atoms. The number of carbonyl (C=O) groups excluding carboxylic acids is 1. The van der Waals surface area contributed by atoms with Crippen LogP contribution in [0.25, 0.3) is 5.57 Å². The van der Waals surface area contributed by atoms with E-state index in [2.05, 4.69) is 34.4 Å². The van der Waals surface area contributed by atoms with Crippen molar-refractivity contribution in [2.24, 2.45) is 5.41 Å². The topological polar surface area (TPSA) is 88.6 Å². The van der Waals surface area contributed by atoms with Gasteiger partial charge in [-0.15, -0.1) is 0 Å². The number of carbonyl (C=O) groups is 1. The lowest BCUT2D eigenvalue weighted by atomic mass is 9.59. The van der Waals surface area contributed by atoms with Crippen LogP contribution >= 0.6 is 0 Å². The van der Waals surface area contributed by atoms with Crippen molar-refractivity contribution in [3.8, 4) is 5.75 Å². The summed E-state index contributed by atoms with van der Waals surface area (Å²) in [5.41, 5.74) is 6.43. The summed E-state index contributed by atoms with van der Waals surface area (Å²) in [5.74, 6) is 0.169. The molecule has 9 heteroatoms. The van der Waals surface area contributed by atoms with Crippen LogP contribution in [0.1, 0.15) is 65.7 Å². The van der Waals surface area contributed by atoms with Gasteiger partial charge < -0.3 is 15.0 Å². The third kappa shape index (κ3) is 6.13. The first kappa shape index (κ1) is 28.6. The summed E-state index contributed by atoms with van der Waals surface area (Å²) in [4.78, 5) is 19.6. The average molecular weight is 590 g/mol. The fraction of sp³-hybridized carbons (Fsp3) is 0.394. The molecule has 1 aliphatic carbocycles. The van der Waals surface area contributed by atoms with Crippen molar-refractivity contribution in [3.63, 3.8) is 0 Å². The van der Waals surface area contributed by atoms with Crippen LogP contribution in [-0.4, -0.2) is 62.0 Å².